The van der Waals surface area contributed by atoms with Crippen molar-refractivity contribution in [2.45, 2.75) is 56.7 Å². The number of methoxy groups -OCH3 is 1. The number of phenols is 1. The molecule has 0 bridgehead atoms. The summed E-state index contributed by atoms with van der Waals surface area (Å²) in [6, 6.07) is 10.3. The maximum absolute atomic E-state index is 15.3. The van der Waals surface area contributed by atoms with Gasteiger partial charge >= 0.3 is 6.18 Å². The summed E-state index contributed by atoms with van der Waals surface area (Å²) in [6.45, 7) is 5.33. The largest absolute Gasteiger partial charge is 0.504 e. The van der Waals surface area contributed by atoms with Crippen LogP contribution in [0.1, 0.15) is 56.2 Å². The highest BCUT2D eigenvalue weighted by atomic mass is 127. The second kappa shape index (κ2) is 12.9. The Balaban J connectivity index is 1.47. The number of aromatic nitrogens is 1. The predicted molar refractivity (Wildman–Crippen MR) is 196 cm³/mol. The summed E-state index contributed by atoms with van der Waals surface area (Å²) in [5.74, 6) is -6.92. The number of aromatic hydroxyl groups is 1. The average molecular weight is 883 g/mol. The van der Waals surface area contributed by atoms with Gasteiger partial charge < -0.3 is 9.84 Å². The van der Waals surface area contributed by atoms with E-state index in [1.807, 2.05) is 28.7 Å². The number of fused-ring (bicyclic) bond motifs is 4. The van der Waals surface area contributed by atoms with Crippen molar-refractivity contribution in [1.29, 1.82) is 0 Å². The van der Waals surface area contributed by atoms with Crippen molar-refractivity contribution in [3.63, 3.8) is 0 Å². The fraction of sp³-hybridized carbons (Fsp3) is 0.378. The molecule has 2 aromatic carbocycles. The molecule has 10 nitrogen and oxygen atoms in total. The maximum atomic E-state index is 15.3. The van der Waals surface area contributed by atoms with Crippen LogP contribution in [0.3, 0.4) is 0 Å². The molecular formula is C37H32Cl2F3IN4O6. The van der Waals surface area contributed by atoms with Gasteiger partial charge in [0, 0.05) is 22.7 Å². The Morgan fingerprint density at radius 2 is 1.68 bits per heavy atom. The Morgan fingerprint density at radius 1 is 1.00 bits per heavy atom. The number of hydrogen-bond acceptors (Lipinski definition) is 8. The minimum Gasteiger partial charge on any atom is -0.504 e. The fourth-order valence-electron chi connectivity index (χ4n) is 8.73. The van der Waals surface area contributed by atoms with Crippen LogP contribution in [0.15, 0.2) is 60.3 Å². The van der Waals surface area contributed by atoms with Crippen molar-refractivity contribution in [3.8, 4) is 11.5 Å². The van der Waals surface area contributed by atoms with Crippen LogP contribution in [0.5, 0.6) is 11.5 Å². The molecule has 1 aromatic heterocycles. The van der Waals surface area contributed by atoms with Gasteiger partial charge in [-0.3, -0.25) is 29.5 Å². The Bertz CT molecular complexity index is 2120. The zero-order valence-corrected chi connectivity index (χ0v) is 32.3. The highest BCUT2D eigenvalue weighted by Gasteiger charge is 2.70. The van der Waals surface area contributed by atoms with Crippen molar-refractivity contribution in [2.75, 3.05) is 12.5 Å². The van der Waals surface area contributed by atoms with Gasteiger partial charge in [0.05, 0.1) is 44.4 Å². The van der Waals surface area contributed by atoms with E-state index in [2.05, 4.69) is 10.4 Å². The number of pyridine rings is 1. The zero-order valence-electron chi connectivity index (χ0n) is 28.6. The quantitative estimate of drug-likeness (QED) is 0.153. The van der Waals surface area contributed by atoms with E-state index in [4.69, 9.17) is 27.9 Å². The van der Waals surface area contributed by atoms with Crippen molar-refractivity contribution in [3.05, 3.63) is 90.6 Å². The normalized spacial score (nSPS) is 27.1. The summed E-state index contributed by atoms with van der Waals surface area (Å²) in [7, 11) is 1.38. The number of likely N-dealkylation sites (tertiary alicyclic amines) is 1. The number of amides is 4. The van der Waals surface area contributed by atoms with Crippen LogP contribution in [0.4, 0.5) is 19.0 Å². The lowest BCUT2D eigenvalue weighted by atomic mass is 9.49. The van der Waals surface area contributed by atoms with Gasteiger partial charge in [-0.2, -0.15) is 18.2 Å². The molecule has 3 heterocycles. The van der Waals surface area contributed by atoms with Crippen LogP contribution in [0.2, 0.25) is 10.0 Å². The third-order valence-corrected chi connectivity index (χ3v) is 12.2. The van der Waals surface area contributed by atoms with E-state index in [0.717, 1.165) is 5.01 Å². The number of alkyl halides is 3. The van der Waals surface area contributed by atoms with E-state index < -0.39 is 69.1 Å². The highest BCUT2D eigenvalue weighted by molar-refractivity contribution is 14.1. The van der Waals surface area contributed by atoms with E-state index in [9.17, 15) is 32.7 Å². The number of carbonyl (C=O) groups excluding carboxylic acids is 4. The number of anilines is 1. The molecule has 278 valence electrons. The van der Waals surface area contributed by atoms with Crippen molar-refractivity contribution in [1.82, 2.24) is 14.9 Å². The number of ether oxygens (including phenoxy) is 1. The summed E-state index contributed by atoms with van der Waals surface area (Å²) in [6.07, 6.45) is -2.14. The lowest BCUT2D eigenvalue weighted by Crippen LogP contribution is -2.53. The number of phenolic OH excluding ortho intramolecular Hbond substituents is 1. The van der Waals surface area contributed by atoms with Crippen LogP contribution in [-0.4, -0.2) is 56.3 Å². The van der Waals surface area contributed by atoms with Gasteiger partial charge in [-0.1, -0.05) is 47.0 Å². The lowest BCUT2D eigenvalue weighted by molar-refractivity contribution is -0.146. The minimum atomic E-state index is -4.75. The Hall–Kier alpha value is -3.89. The number of carbonyl (C=O) groups is 4. The van der Waals surface area contributed by atoms with Crippen molar-refractivity contribution in [2.24, 2.45) is 23.7 Å². The van der Waals surface area contributed by atoms with Gasteiger partial charge in [-0.15, -0.1) is 0 Å². The van der Waals surface area contributed by atoms with Crippen LogP contribution in [-0.2, 0) is 30.8 Å². The summed E-state index contributed by atoms with van der Waals surface area (Å²) in [4.78, 5) is 63.3. The molecule has 1 saturated carbocycles. The van der Waals surface area contributed by atoms with E-state index >= 15 is 4.79 Å². The Morgan fingerprint density at radius 3 is 2.28 bits per heavy atom. The first kappa shape index (κ1) is 37.4. The first-order valence-corrected chi connectivity index (χ1v) is 18.4. The fourth-order valence-corrected chi connectivity index (χ4v) is 9.69. The molecule has 2 N–H and O–H groups in total. The topological polar surface area (TPSA) is 129 Å². The second-order valence-electron chi connectivity index (χ2n) is 14.7. The molecule has 4 amide bonds. The number of imide groups is 2. The lowest BCUT2D eigenvalue weighted by Gasteiger charge is -2.50. The second-order valence-corrected chi connectivity index (χ2v) is 16.7. The van der Waals surface area contributed by atoms with Crippen LogP contribution in [0, 0.1) is 27.2 Å². The first-order chi connectivity index (χ1) is 24.8. The monoisotopic (exact) mass is 882 g/mol. The number of rotatable bonds is 5. The predicted octanol–water partition coefficient (Wildman–Crippen LogP) is 7.51. The molecule has 53 heavy (non-hydrogen) atoms. The zero-order chi connectivity index (χ0) is 38.5. The highest BCUT2D eigenvalue weighted by Crippen LogP contribution is 2.65. The average Bonchev–Trinajstić information content (AvgIpc) is 3.47. The van der Waals surface area contributed by atoms with Crippen LogP contribution in [0.25, 0.3) is 0 Å². The molecule has 6 atom stereocenters. The van der Waals surface area contributed by atoms with Gasteiger partial charge in [0.1, 0.15) is 0 Å². The molecular weight excluding hydrogens is 851 g/mol. The van der Waals surface area contributed by atoms with Gasteiger partial charge in [0.2, 0.25) is 11.8 Å². The number of hydrazine groups is 1. The number of nitrogens with zero attached hydrogens (tertiary/aromatic N) is 3. The number of allylic oxidation sites excluding steroid dienone is 2. The van der Waals surface area contributed by atoms with E-state index in [0.29, 0.717) is 37.6 Å². The molecule has 0 spiro atoms. The van der Waals surface area contributed by atoms with Gasteiger partial charge in [-0.25, -0.2) is 4.98 Å². The smallest absolute Gasteiger partial charge is 0.417 e. The SMILES string of the molecule is COc1cc(C2C3=CCC4C(=O)N(C(C)(C)C)C(=O)C4C3CC3C(=O)N(Nc4ncc(C(F)(F)F)cc4Cl)C(=O)C32c2ccc(Cl)cc2)cc(I)c1O. The van der Waals surface area contributed by atoms with E-state index in [1.54, 1.807) is 57.2 Å². The minimum absolute atomic E-state index is 0.0215. The molecule has 2 saturated heterocycles. The molecule has 6 unspecified atom stereocenters. The number of hydrogen-bond donors (Lipinski definition) is 2. The maximum Gasteiger partial charge on any atom is 0.417 e. The van der Waals surface area contributed by atoms with Gasteiger partial charge in [0.25, 0.3) is 11.8 Å². The molecule has 16 heteroatoms. The third kappa shape index (κ3) is 5.69. The first-order valence-electron chi connectivity index (χ1n) is 16.6. The molecule has 2 aliphatic heterocycles. The molecule has 0 radical (unpaired) electrons. The summed E-state index contributed by atoms with van der Waals surface area (Å²) in [5.41, 5.74) is 0.485. The van der Waals surface area contributed by atoms with Crippen molar-refractivity contribution < 1.29 is 42.2 Å². The van der Waals surface area contributed by atoms with Gasteiger partial charge in [0.15, 0.2) is 17.3 Å². The molecule has 7 rings (SSSR count). The molecule has 3 aromatic rings. The summed E-state index contributed by atoms with van der Waals surface area (Å²) in [5, 5.41) is 11.5. The van der Waals surface area contributed by atoms with Crippen LogP contribution >= 0.6 is 45.8 Å². The molecule has 3 fully saturated rings. The van der Waals surface area contributed by atoms with Crippen molar-refractivity contribution >= 4 is 75.2 Å². The number of halogens is 6. The van der Waals surface area contributed by atoms with Crippen LogP contribution < -0.4 is 10.2 Å². The van der Waals surface area contributed by atoms with E-state index in [-0.39, 0.29) is 42.0 Å². The number of benzene rings is 2. The summed E-state index contributed by atoms with van der Waals surface area (Å²) >= 11 is 14.5. The number of nitrogens with one attached hydrogen (secondary N) is 1. The van der Waals surface area contributed by atoms with Gasteiger partial charge in [-0.05, 0) is 104 Å². The standard InChI is InChI=1S/C37H32Cl2F3IN4O6/c1-35(2,3)46-31(49)21-10-9-20-22(27(21)33(46)51)14-23-32(50)47(45-30-24(39)13-18(15-44-30)37(40,41)42)34(52)36(23,17-5-7-19(38)8-6-17)28(20)16-11-25(43)29(48)26(12-16)53-4/h5-9,11-13,15,21-23,27-28,48H,10,14H2,1-4H3,(H,44,45). The third-order valence-electron chi connectivity index (χ3n) is 10.8. The molecule has 2 aliphatic carbocycles. The Kier molecular flexibility index (Phi) is 9.08. The summed E-state index contributed by atoms with van der Waals surface area (Å²) < 4.78 is 46.3. The Labute approximate surface area is 325 Å². The molecule has 4 aliphatic rings. The van der Waals surface area contributed by atoms with E-state index in [1.165, 1.54) is 12.0 Å².